The highest BCUT2D eigenvalue weighted by atomic mass is 17.2. The van der Waals surface area contributed by atoms with Crippen molar-refractivity contribution in [3.63, 3.8) is 0 Å². The molecular formula is C15H24O5. The van der Waals surface area contributed by atoms with Crippen LogP contribution in [0.15, 0.2) is 0 Å². The van der Waals surface area contributed by atoms with Gasteiger partial charge in [-0.15, -0.1) is 0 Å². The molecule has 0 aromatic rings. The molecule has 5 fully saturated rings. The van der Waals surface area contributed by atoms with Gasteiger partial charge in [0, 0.05) is 17.8 Å². The number of aliphatic hydroxyl groups excluding tert-OH is 1. The average molecular weight is 284 g/mol. The maximum absolute atomic E-state index is 10.2. The third-order valence-electron chi connectivity index (χ3n) is 6.07. The molecule has 4 saturated heterocycles. The van der Waals surface area contributed by atoms with Gasteiger partial charge in [-0.25, -0.2) is 9.78 Å². The normalized spacial score (nSPS) is 61.8. The van der Waals surface area contributed by atoms with Crippen LogP contribution in [0.1, 0.15) is 40.0 Å². The second kappa shape index (κ2) is 4.17. The first kappa shape index (κ1) is 13.5. The lowest BCUT2D eigenvalue weighted by atomic mass is 9.57. The monoisotopic (exact) mass is 284 g/mol. The quantitative estimate of drug-likeness (QED) is 0.688. The van der Waals surface area contributed by atoms with E-state index in [4.69, 9.17) is 19.2 Å². The van der Waals surface area contributed by atoms with E-state index in [1.54, 1.807) is 0 Å². The standard InChI is InChI=1S/C15H24O5/c1-8-4-5-10-9(2)12(16)18-13-15(10)11(8)6-14(3,7-17-13)19-20-15/h8-13,16H,4-7H2,1-3H3/t8?,9?,10?,11?,12?,13?,14-,15-/m0/s1. The highest BCUT2D eigenvalue weighted by Crippen LogP contribution is 2.59. The number of rotatable bonds is 0. The molecule has 1 saturated carbocycles. The van der Waals surface area contributed by atoms with E-state index in [2.05, 4.69) is 6.92 Å². The van der Waals surface area contributed by atoms with Gasteiger partial charge >= 0.3 is 0 Å². The molecule has 0 aromatic heterocycles. The minimum Gasteiger partial charge on any atom is -0.368 e. The smallest absolute Gasteiger partial charge is 0.193 e. The summed E-state index contributed by atoms with van der Waals surface area (Å²) in [5.41, 5.74) is -0.951. The Hall–Kier alpha value is -0.200. The van der Waals surface area contributed by atoms with Crippen LogP contribution in [0.25, 0.3) is 0 Å². The van der Waals surface area contributed by atoms with Gasteiger partial charge in [-0.05, 0) is 32.1 Å². The van der Waals surface area contributed by atoms with Crippen LogP contribution in [0.4, 0.5) is 0 Å². The zero-order chi connectivity index (χ0) is 14.1. The second-order valence-corrected chi connectivity index (χ2v) is 7.47. The summed E-state index contributed by atoms with van der Waals surface area (Å²) in [6.45, 7) is 6.81. The van der Waals surface area contributed by atoms with Crippen molar-refractivity contribution in [2.24, 2.45) is 23.7 Å². The van der Waals surface area contributed by atoms with Crippen LogP contribution in [0.5, 0.6) is 0 Å². The average Bonchev–Trinajstić information content (AvgIpc) is 2.63. The zero-order valence-electron chi connectivity index (χ0n) is 12.4. The van der Waals surface area contributed by atoms with Gasteiger partial charge in [-0.2, -0.15) is 0 Å². The van der Waals surface area contributed by atoms with E-state index in [9.17, 15) is 5.11 Å². The van der Waals surface area contributed by atoms with E-state index in [-0.39, 0.29) is 11.8 Å². The highest BCUT2D eigenvalue weighted by Gasteiger charge is 2.69. The predicted molar refractivity (Wildman–Crippen MR) is 69.3 cm³/mol. The number of aliphatic hydroxyl groups is 1. The molecule has 0 amide bonds. The molecule has 8 atom stereocenters. The predicted octanol–water partition coefficient (Wildman–Crippen LogP) is 1.84. The van der Waals surface area contributed by atoms with Crippen molar-refractivity contribution in [2.45, 2.75) is 63.8 Å². The zero-order valence-corrected chi connectivity index (χ0v) is 12.4. The van der Waals surface area contributed by atoms with Crippen molar-refractivity contribution >= 4 is 0 Å². The Bertz CT molecular complexity index is 415. The molecule has 5 nitrogen and oxygen atoms in total. The van der Waals surface area contributed by atoms with Crippen LogP contribution < -0.4 is 0 Å². The van der Waals surface area contributed by atoms with Crippen LogP contribution in [-0.4, -0.2) is 35.5 Å². The summed E-state index contributed by atoms with van der Waals surface area (Å²) in [6, 6.07) is 0. The third kappa shape index (κ3) is 1.56. The van der Waals surface area contributed by atoms with Gasteiger partial charge in [0.05, 0.1) is 6.61 Å². The van der Waals surface area contributed by atoms with Crippen molar-refractivity contribution in [2.75, 3.05) is 6.61 Å². The van der Waals surface area contributed by atoms with Gasteiger partial charge < -0.3 is 14.6 Å². The summed E-state index contributed by atoms with van der Waals surface area (Å²) >= 11 is 0. The van der Waals surface area contributed by atoms with Crippen molar-refractivity contribution in [3.05, 3.63) is 0 Å². The highest BCUT2D eigenvalue weighted by molar-refractivity contribution is 5.10. The van der Waals surface area contributed by atoms with Crippen molar-refractivity contribution in [3.8, 4) is 0 Å². The molecule has 5 heteroatoms. The molecule has 0 aromatic carbocycles. The second-order valence-electron chi connectivity index (χ2n) is 7.47. The first-order valence-corrected chi connectivity index (χ1v) is 7.78. The molecule has 114 valence electrons. The molecule has 20 heavy (non-hydrogen) atoms. The largest absolute Gasteiger partial charge is 0.368 e. The van der Waals surface area contributed by atoms with E-state index >= 15 is 0 Å². The molecule has 0 radical (unpaired) electrons. The first-order valence-electron chi connectivity index (χ1n) is 7.78. The lowest BCUT2D eigenvalue weighted by Gasteiger charge is -2.59. The Morgan fingerprint density at radius 3 is 2.70 bits per heavy atom. The molecule has 6 unspecified atom stereocenters. The van der Waals surface area contributed by atoms with E-state index in [0.29, 0.717) is 18.4 Å². The Morgan fingerprint density at radius 1 is 1.10 bits per heavy atom. The summed E-state index contributed by atoms with van der Waals surface area (Å²) in [5, 5.41) is 10.2. The van der Waals surface area contributed by atoms with Crippen molar-refractivity contribution < 1.29 is 24.4 Å². The summed E-state index contributed by atoms with van der Waals surface area (Å²) in [5.74, 6) is 1.18. The lowest BCUT2D eigenvalue weighted by molar-refractivity contribution is -0.494. The van der Waals surface area contributed by atoms with Gasteiger partial charge in [-0.3, -0.25) is 0 Å². The SMILES string of the molecule is CC1CCC2C(C)C(O)OC3OC[C@]4(C)CC1[C@]32OO4. The van der Waals surface area contributed by atoms with E-state index in [1.165, 1.54) is 6.42 Å². The van der Waals surface area contributed by atoms with Crippen LogP contribution in [-0.2, 0) is 19.2 Å². The fourth-order valence-electron chi connectivity index (χ4n) is 4.87. The van der Waals surface area contributed by atoms with Gasteiger partial charge in [0.15, 0.2) is 18.2 Å². The summed E-state index contributed by atoms with van der Waals surface area (Å²) in [6.07, 6.45) is 1.83. The molecule has 1 aliphatic carbocycles. The van der Waals surface area contributed by atoms with Gasteiger partial charge in [0.1, 0.15) is 5.60 Å². The Kier molecular flexibility index (Phi) is 2.81. The topological polar surface area (TPSA) is 57.2 Å². The third-order valence-corrected chi connectivity index (χ3v) is 6.07. The van der Waals surface area contributed by atoms with E-state index in [0.717, 1.165) is 12.8 Å². The Balaban J connectivity index is 1.82. The summed E-state index contributed by atoms with van der Waals surface area (Å²) in [7, 11) is 0. The molecule has 1 spiro atoms. The minimum atomic E-state index is -0.779. The summed E-state index contributed by atoms with van der Waals surface area (Å²) in [4.78, 5) is 11.7. The maximum atomic E-state index is 10.2. The number of ether oxygens (including phenoxy) is 2. The Morgan fingerprint density at radius 2 is 1.90 bits per heavy atom. The molecule has 1 N–H and O–H groups in total. The number of fused-ring (bicyclic) bond motifs is 2. The van der Waals surface area contributed by atoms with E-state index < -0.39 is 23.8 Å². The minimum absolute atomic E-state index is 0.0379. The van der Waals surface area contributed by atoms with Crippen molar-refractivity contribution in [1.82, 2.24) is 0 Å². The van der Waals surface area contributed by atoms with E-state index in [1.807, 2.05) is 13.8 Å². The fourth-order valence-corrected chi connectivity index (χ4v) is 4.87. The van der Waals surface area contributed by atoms with Crippen LogP contribution in [0, 0.1) is 23.7 Å². The summed E-state index contributed by atoms with van der Waals surface area (Å²) < 4.78 is 11.7. The first-order chi connectivity index (χ1) is 9.46. The number of hydrogen-bond acceptors (Lipinski definition) is 5. The fraction of sp³-hybridized carbons (Fsp3) is 1.00. The van der Waals surface area contributed by atoms with Gasteiger partial charge in [0.2, 0.25) is 0 Å². The van der Waals surface area contributed by atoms with Gasteiger partial charge in [0.25, 0.3) is 0 Å². The maximum Gasteiger partial charge on any atom is 0.193 e. The number of hydrogen-bond donors (Lipinski definition) is 1. The molecule has 2 bridgehead atoms. The van der Waals surface area contributed by atoms with Crippen LogP contribution in [0.2, 0.25) is 0 Å². The van der Waals surface area contributed by atoms with Crippen LogP contribution >= 0.6 is 0 Å². The van der Waals surface area contributed by atoms with Crippen LogP contribution in [0.3, 0.4) is 0 Å². The Labute approximate surface area is 119 Å². The molecule has 5 aliphatic rings. The molecule has 5 rings (SSSR count). The molecular weight excluding hydrogens is 260 g/mol. The van der Waals surface area contributed by atoms with Crippen molar-refractivity contribution in [1.29, 1.82) is 0 Å². The van der Waals surface area contributed by atoms with Gasteiger partial charge in [-0.1, -0.05) is 13.8 Å². The lowest BCUT2D eigenvalue weighted by Crippen LogP contribution is -2.69. The molecule has 4 heterocycles. The molecule has 4 aliphatic heterocycles.